The molecule has 1 aliphatic heterocycles. The van der Waals surface area contributed by atoms with Crippen LogP contribution in [0.4, 0.5) is 0 Å². The minimum absolute atomic E-state index is 0.252. The maximum atomic E-state index is 6.21. The molecule has 6 nitrogen and oxygen atoms in total. The molecule has 1 fully saturated rings. The molecule has 126 valence electrons. The first-order chi connectivity index (χ1) is 11.8. The highest BCUT2D eigenvalue weighted by atomic mass is 15.2. The Labute approximate surface area is 141 Å². The Hall–Kier alpha value is -2.18. The molecule has 0 amide bonds. The van der Waals surface area contributed by atoms with Gasteiger partial charge in [0.15, 0.2) is 0 Å². The van der Waals surface area contributed by atoms with Crippen molar-refractivity contribution in [1.29, 1.82) is 0 Å². The molecule has 4 rings (SSSR count). The summed E-state index contributed by atoms with van der Waals surface area (Å²) in [4.78, 5) is 5.81. The number of hydrogen-bond donors (Lipinski definition) is 2. The van der Waals surface area contributed by atoms with Crippen LogP contribution in [-0.4, -0.2) is 43.9 Å². The van der Waals surface area contributed by atoms with Crippen LogP contribution in [0.5, 0.6) is 0 Å². The van der Waals surface area contributed by atoms with E-state index in [1.54, 1.807) is 12.7 Å². The molecule has 0 spiro atoms. The lowest BCUT2D eigenvalue weighted by molar-refractivity contribution is 0.151. The van der Waals surface area contributed by atoms with Crippen molar-refractivity contribution in [2.45, 2.75) is 38.3 Å². The number of hydrogen-bond acceptors (Lipinski definition) is 4. The van der Waals surface area contributed by atoms with E-state index in [2.05, 4.69) is 44.5 Å². The zero-order valence-corrected chi connectivity index (χ0v) is 13.9. The first-order valence-corrected chi connectivity index (χ1v) is 8.76. The second-order valence-corrected chi connectivity index (χ2v) is 6.62. The topological polar surface area (TPSA) is 75.8 Å². The molecule has 3 heterocycles. The Balaban J connectivity index is 1.47. The van der Waals surface area contributed by atoms with Gasteiger partial charge in [0.1, 0.15) is 12.7 Å². The van der Waals surface area contributed by atoms with Crippen molar-refractivity contribution in [2.24, 2.45) is 5.73 Å². The molecular formula is C18H24N6. The number of aromatic nitrogens is 4. The predicted molar refractivity (Wildman–Crippen MR) is 94.9 cm³/mol. The fraction of sp³-hybridized carbons (Fsp3) is 0.444. The molecule has 2 aromatic heterocycles. The molecule has 1 saturated heterocycles. The number of nitrogens with two attached hydrogens (primary N) is 1. The molecule has 0 saturated carbocycles. The summed E-state index contributed by atoms with van der Waals surface area (Å²) in [5.41, 5.74) is 9.84. The number of nitrogens with zero attached hydrogens (tertiary/aromatic N) is 4. The van der Waals surface area contributed by atoms with Crippen LogP contribution < -0.4 is 5.73 Å². The van der Waals surface area contributed by atoms with Gasteiger partial charge in [-0.3, -0.25) is 9.47 Å². The first kappa shape index (κ1) is 15.4. The molecule has 24 heavy (non-hydrogen) atoms. The molecule has 0 bridgehead atoms. The van der Waals surface area contributed by atoms with Gasteiger partial charge >= 0.3 is 0 Å². The van der Waals surface area contributed by atoms with Crippen LogP contribution in [0.1, 0.15) is 31.2 Å². The van der Waals surface area contributed by atoms with Gasteiger partial charge in [-0.15, -0.1) is 10.2 Å². The second-order valence-electron chi connectivity index (χ2n) is 6.62. The van der Waals surface area contributed by atoms with Crippen LogP contribution in [0, 0.1) is 0 Å². The normalized spacial score (nSPS) is 19.1. The zero-order valence-electron chi connectivity index (χ0n) is 13.9. The van der Waals surface area contributed by atoms with E-state index in [4.69, 9.17) is 5.73 Å². The molecular weight excluding hydrogens is 300 g/mol. The van der Waals surface area contributed by atoms with Crippen LogP contribution in [-0.2, 0) is 6.42 Å². The number of rotatable bonds is 5. The Kier molecular flexibility index (Phi) is 4.32. The third-order valence-corrected chi connectivity index (χ3v) is 5.02. The maximum absolute atomic E-state index is 6.21. The van der Waals surface area contributed by atoms with Crippen molar-refractivity contribution in [1.82, 2.24) is 24.6 Å². The van der Waals surface area contributed by atoms with Gasteiger partial charge in [-0.1, -0.05) is 0 Å². The van der Waals surface area contributed by atoms with Crippen molar-refractivity contribution in [3.8, 4) is 5.69 Å². The van der Waals surface area contributed by atoms with E-state index in [0.29, 0.717) is 0 Å². The lowest BCUT2D eigenvalue weighted by atomic mass is 10.1. The largest absolute Gasteiger partial charge is 0.361 e. The van der Waals surface area contributed by atoms with E-state index in [0.717, 1.165) is 38.0 Å². The summed E-state index contributed by atoms with van der Waals surface area (Å²) in [6, 6.07) is 6.41. The summed E-state index contributed by atoms with van der Waals surface area (Å²) in [5, 5.41) is 9.05. The zero-order chi connectivity index (χ0) is 16.4. The minimum atomic E-state index is 0.252. The van der Waals surface area contributed by atoms with E-state index in [1.807, 2.05) is 4.57 Å². The summed E-state index contributed by atoms with van der Waals surface area (Å²) in [5.74, 6) is 0. The Morgan fingerprint density at radius 3 is 2.92 bits per heavy atom. The summed E-state index contributed by atoms with van der Waals surface area (Å²) < 4.78 is 1.93. The lowest BCUT2D eigenvalue weighted by Crippen LogP contribution is -2.45. The number of benzene rings is 1. The van der Waals surface area contributed by atoms with Gasteiger partial charge in [-0.2, -0.15) is 0 Å². The second kappa shape index (κ2) is 6.75. The summed E-state index contributed by atoms with van der Waals surface area (Å²) in [6.45, 7) is 2.23. The quantitative estimate of drug-likeness (QED) is 0.756. The molecule has 1 unspecified atom stereocenters. The number of fused-ring (bicyclic) bond motifs is 1. The van der Waals surface area contributed by atoms with Crippen LogP contribution in [0.25, 0.3) is 16.6 Å². The van der Waals surface area contributed by atoms with Gasteiger partial charge in [0.2, 0.25) is 0 Å². The van der Waals surface area contributed by atoms with Crippen molar-refractivity contribution in [3.05, 3.63) is 42.6 Å². The van der Waals surface area contributed by atoms with E-state index < -0.39 is 0 Å². The van der Waals surface area contributed by atoms with Crippen LogP contribution >= 0.6 is 0 Å². The molecule has 1 atom stereocenters. The summed E-state index contributed by atoms with van der Waals surface area (Å²) >= 11 is 0. The van der Waals surface area contributed by atoms with E-state index in [-0.39, 0.29) is 6.17 Å². The van der Waals surface area contributed by atoms with Crippen LogP contribution in [0.2, 0.25) is 0 Å². The number of H-pyrrole nitrogens is 1. The Morgan fingerprint density at radius 1 is 1.21 bits per heavy atom. The van der Waals surface area contributed by atoms with Gasteiger partial charge < -0.3 is 10.7 Å². The number of aryl methyl sites for hydroxylation is 1. The molecule has 6 heteroatoms. The van der Waals surface area contributed by atoms with Crippen molar-refractivity contribution >= 4 is 10.9 Å². The third-order valence-electron chi connectivity index (χ3n) is 5.02. The Morgan fingerprint density at radius 2 is 2.08 bits per heavy atom. The van der Waals surface area contributed by atoms with Crippen molar-refractivity contribution in [3.63, 3.8) is 0 Å². The first-order valence-electron chi connectivity index (χ1n) is 8.76. The van der Waals surface area contributed by atoms with E-state index in [1.165, 1.54) is 29.3 Å². The maximum Gasteiger partial charge on any atom is 0.123 e. The molecule has 0 aliphatic carbocycles. The molecule has 3 aromatic rings. The highest BCUT2D eigenvalue weighted by Crippen LogP contribution is 2.23. The molecule has 0 radical (unpaired) electrons. The number of aromatic amines is 1. The van der Waals surface area contributed by atoms with Crippen LogP contribution in [0.3, 0.4) is 0 Å². The number of piperidine rings is 1. The third kappa shape index (κ3) is 3.07. The van der Waals surface area contributed by atoms with Crippen molar-refractivity contribution in [2.75, 3.05) is 13.1 Å². The number of nitrogens with one attached hydrogen (secondary N) is 1. The number of likely N-dealkylation sites (tertiary alicyclic amines) is 1. The average Bonchev–Trinajstić information content (AvgIpc) is 3.26. The van der Waals surface area contributed by atoms with E-state index in [9.17, 15) is 0 Å². The smallest absolute Gasteiger partial charge is 0.123 e. The van der Waals surface area contributed by atoms with E-state index >= 15 is 0 Å². The monoisotopic (exact) mass is 324 g/mol. The molecule has 1 aliphatic rings. The summed E-state index contributed by atoms with van der Waals surface area (Å²) in [7, 11) is 0. The SMILES string of the molecule is NC1CCCCN1CCCc1c[nH]c2ccc(-n3cnnc3)cc12. The summed E-state index contributed by atoms with van der Waals surface area (Å²) in [6.07, 6.45) is 11.7. The highest BCUT2D eigenvalue weighted by Gasteiger charge is 2.17. The minimum Gasteiger partial charge on any atom is -0.361 e. The van der Waals surface area contributed by atoms with Gasteiger partial charge in [-0.25, -0.2) is 0 Å². The van der Waals surface area contributed by atoms with Gasteiger partial charge in [0.05, 0.1) is 6.17 Å². The fourth-order valence-corrected chi connectivity index (χ4v) is 3.63. The molecule has 3 N–H and O–H groups in total. The fourth-order valence-electron chi connectivity index (χ4n) is 3.63. The highest BCUT2D eigenvalue weighted by molar-refractivity contribution is 5.85. The van der Waals surface area contributed by atoms with Gasteiger partial charge in [0, 0.05) is 22.8 Å². The lowest BCUT2D eigenvalue weighted by Gasteiger charge is -2.32. The van der Waals surface area contributed by atoms with Gasteiger partial charge in [-0.05, 0) is 69.0 Å². The van der Waals surface area contributed by atoms with Crippen molar-refractivity contribution < 1.29 is 0 Å². The molecule has 1 aromatic carbocycles. The average molecular weight is 324 g/mol. The standard InChI is InChI=1S/C18H24N6/c19-18-5-1-2-8-23(18)9-3-4-14-11-20-17-7-6-15(10-16(14)17)24-12-21-22-13-24/h6-7,10-13,18,20H,1-5,8-9,19H2. The Bertz CT molecular complexity index is 791. The van der Waals surface area contributed by atoms with Crippen LogP contribution in [0.15, 0.2) is 37.1 Å². The van der Waals surface area contributed by atoms with Gasteiger partial charge in [0.25, 0.3) is 0 Å². The predicted octanol–water partition coefficient (Wildman–Crippen LogP) is 2.45.